The van der Waals surface area contributed by atoms with Gasteiger partial charge in [-0.25, -0.2) is 9.97 Å². The Morgan fingerprint density at radius 1 is 1.14 bits per heavy atom. The van der Waals surface area contributed by atoms with E-state index in [1.165, 1.54) is 29.7 Å². The maximum Gasteiger partial charge on any atom is 0.133 e. The van der Waals surface area contributed by atoms with E-state index in [2.05, 4.69) is 34.3 Å². The molecule has 4 heteroatoms. The zero-order valence-electron chi connectivity index (χ0n) is 12.3. The number of rotatable bonds is 4. The lowest BCUT2D eigenvalue weighted by Crippen LogP contribution is -2.35. The molecule has 0 bridgehead atoms. The van der Waals surface area contributed by atoms with Crippen LogP contribution in [0.1, 0.15) is 36.6 Å². The van der Waals surface area contributed by atoms with Gasteiger partial charge in [-0.1, -0.05) is 30.3 Å². The van der Waals surface area contributed by atoms with Gasteiger partial charge in [0.05, 0.1) is 5.54 Å². The SMILES string of the molecule is CC(CCl)(Nc1ncnc2c1CCCC2)c1ccccc1. The summed E-state index contributed by atoms with van der Waals surface area (Å²) in [7, 11) is 0. The summed E-state index contributed by atoms with van der Waals surface area (Å²) in [6, 6.07) is 10.3. The first-order valence-corrected chi connectivity index (χ1v) is 7.99. The van der Waals surface area contributed by atoms with Crippen LogP contribution in [-0.4, -0.2) is 15.8 Å². The molecule has 0 saturated carbocycles. The van der Waals surface area contributed by atoms with Crippen molar-refractivity contribution in [3.05, 3.63) is 53.5 Å². The first-order valence-electron chi connectivity index (χ1n) is 7.45. The number of hydrogen-bond acceptors (Lipinski definition) is 3. The lowest BCUT2D eigenvalue weighted by molar-refractivity contribution is 0.603. The van der Waals surface area contributed by atoms with Gasteiger partial charge in [0.2, 0.25) is 0 Å². The Labute approximate surface area is 130 Å². The van der Waals surface area contributed by atoms with Crippen molar-refractivity contribution in [1.82, 2.24) is 9.97 Å². The zero-order chi connectivity index (χ0) is 14.7. The van der Waals surface area contributed by atoms with Crippen LogP contribution in [0.5, 0.6) is 0 Å². The summed E-state index contributed by atoms with van der Waals surface area (Å²) in [6.07, 6.45) is 6.18. The lowest BCUT2D eigenvalue weighted by Gasteiger charge is -2.31. The molecule has 1 unspecified atom stereocenters. The lowest BCUT2D eigenvalue weighted by atomic mass is 9.92. The van der Waals surface area contributed by atoms with E-state index in [0.717, 1.165) is 18.7 Å². The standard InChI is InChI=1S/C17H20ClN3/c1-17(11-18,13-7-3-2-4-8-13)21-16-14-9-5-6-10-15(14)19-12-20-16/h2-4,7-8,12H,5-6,9-11H2,1H3,(H,19,20,21). The summed E-state index contributed by atoms with van der Waals surface area (Å²) in [4.78, 5) is 8.89. The first-order chi connectivity index (χ1) is 10.2. The van der Waals surface area contributed by atoms with Crippen molar-refractivity contribution in [2.24, 2.45) is 0 Å². The molecule has 1 aromatic heterocycles. The summed E-state index contributed by atoms with van der Waals surface area (Å²) < 4.78 is 0. The molecule has 3 nitrogen and oxygen atoms in total. The van der Waals surface area contributed by atoms with Crippen molar-refractivity contribution in [1.29, 1.82) is 0 Å². The Balaban J connectivity index is 1.95. The smallest absolute Gasteiger partial charge is 0.133 e. The van der Waals surface area contributed by atoms with Crippen molar-refractivity contribution in [2.75, 3.05) is 11.2 Å². The Bertz CT molecular complexity index is 615. The fraction of sp³-hybridized carbons (Fsp3) is 0.412. The zero-order valence-corrected chi connectivity index (χ0v) is 13.0. The highest BCUT2D eigenvalue weighted by atomic mass is 35.5. The highest BCUT2D eigenvalue weighted by molar-refractivity contribution is 6.18. The molecule has 1 atom stereocenters. The average Bonchev–Trinajstić information content (AvgIpc) is 2.56. The van der Waals surface area contributed by atoms with Gasteiger partial charge >= 0.3 is 0 Å². The Hall–Kier alpha value is -1.61. The number of benzene rings is 1. The maximum absolute atomic E-state index is 6.27. The molecule has 110 valence electrons. The molecule has 1 aliphatic rings. The van der Waals surface area contributed by atoms with Gasteiger partial charge < -0.3 is 5.32 Å². The van der Waals surface area contributed by atoms with E-state index in [-0.39, 0.29) is 5.54 Å². The Morgan fingerprint density at radius 2 is 1.90 bits per heavy atom. The first kappa shape index (κ1) is 14.3. The third-order valence-electron chi connectivity index (χ3n) is 4.20. The van der Waals surface area contributed by atoms with Crippen LogP contribution in [0.4, 0.5) is 5.82 Å². The van der Waals surface area contributed by atoms with E-state index in [0.29, 0.717) is 5.88 Å². The normalized spacial score (nSPS) is 16.9. The summed E-state index contributed by atoms with van der Waals surface area (Å²) in [6.45, 7) is 2.12. The molecule has 1 aliphatic carbocycles. The summed E-state index contributed by atoms with van der Waals surface area (Å²) >= 11 is 6.27. The number of nitrogens with zero attached hydrogens (tertiary/aromatic N) is 2. The van der Waals surface area contributed by atoms with Gasteiger partial charge in [-0.15, -0.1) is 11.6 Å². The predicted molar refractivity (Wildman–Crippen MR) is 86.8 cm³/mol. The van der Waals surface area contributed by atoms with E-state index in [9.17, 15) is 0 Å². The largest absolute Gasteiger partial charge is 0.359 e. The molecule has 3 rings (SSSR count). The number of aryl methyl sites for hydroxylation is 1. The van der Waals surface area contributed by atoms with E-state index < -0.39 is 0 Å². The van der Waals surface area contributed by atoms with Crippen LogP contribution in [0.25, 0.3) is 0 Å². The van der Waals surface area contributed by atoms with Gasteiger partial charge in [-0.3, -0.25) is 0 Å². The number of hydrogen-bond donors (Lipinski definition) is 1. The van der Waals surface area contributed by atoms with E-state index in [1.54, 1.807) is 6.33 Å². The van der Waals surface area contributed by atoms with Crippen LogP contribution in [-0.2, 0) is 18.4 Å². The third-order valence-corrected chi connectivity index (χ3v) is 4.73. The minimum atomic E-state index is -0.331. The second-order valence-electron chi connectivity index (χ2n) is 5.81. The second kappa shape index (κ2) is 6.02. The molecule has 2 aromatic rings. The van der Waals surface area contributed by atoms with Crippen molar-refractivity contribution in [2.45, 2.75) is 38.1 Å². The molecule has 0 amide bonds. The van der Waals surface area contributed by atoms with E-state index in [1.807, 2.05) is 18.2 Å². The van der Waals surface area contributed by atoms with Crippen molar-refractivity contribution in [3.63, 3.8) is 0 Å². The topological polar surface area (TPSA) is 37.8 Å². The number of alkyl halides is 1. The fourth-order valence-corrected chi connectivity index (χ4v) is 3.10. The molecule has 0 spiro atoms. The van der Waals surface area contributed by atoms with Crippen molar-refractivity contribution < 1.29 is 0 Å². The van der Waals surface area contributed by atoms with Crippen LogP contribution in [0.3, 0.4) is 0 Å². The molecular weight excluding hydrogens is 282 g/mol. The quantitative estimate of drug-likeness (QED) is 0.870. The monoisotopic (exact) mass is 301 g/mol. The highest BCUT2D eigenvalue weighted by Gasteiger charge is 2.27. The second-order valence-corrected chi connectivity index (χ2v) is 6.08. The molecule has 0 fully saturated rings. The van der Waals surface area contributed by atoms with Gasteiger partial charge in [0.1, 0.15) is 12.1 Å². The van der Waals surface area contributed by atoms with Crippen molar-refractivity contribution in [3.8, 4) is 0 Å². The third kappa shape index (κ3) is 2.88. The number of aromatic nitrogens is 2. The minimum Gasteiger partial charge on any atom is -0.359 e. The number of nitrogens with one attached hydrogen (secondary N) is 1. The molecule has 0 saturated heterocycles. The van der Waals surface area contributed by atoms with Crippen LogP contribution < -0.4 is 5.32 Å². The van der Waals surface area contributed by atoms with Gasteiger partial charge in [-0.2, -0.15) is 0 Å². The maximum atomic E-state index is 6.27. The molecule has 1 aromatic carbocycles. The molecule has 0 radical (unpaired) electrons. The fourth-order valence-electron chi connectivity index (χ4n) is 2.88. The number of anilines is 1. The molecule has 1 N–H and O–H groups in total. The summed E-state index contributed by atoms with van der Waals surface area (Å²) in [5, 5.41) is 3.57. The summed E-state index contributed by atoms with van der Waals surface area (Å²) in [5.74, 6) is 1.42. The van der Waals surface area contributed by atoms with Crippen LogP contribution in [0, 0.1) is 0 Å². The van der Waals surface area contributed by atoms with E-state index >= 15 is 0 Å². The molecule has 0 aliphatic heterocycles. The number of halogens is 1. The van der Waals surface area contributed by atoms with Crippen molar-refractivity contribution >= 4 is 17.4 Å². The Morgan fingerprint density at radius 3 is 2.67 bits per heavy atom. The van der Waals surface area contributed by atoms with Gasteiger partial charge in [-0.05, 0) is 38.2 Å². The van der Waals surface area contributed by atoms with Gasteiger partial charge in [0.25, 0.3) is 0 Å². The van der Waals surface area contributed by atoms with Gasteiger partial charge in [0, 0.05) is 17.1 Å². The van der Waals surface area contributed by atoms with Crippen LogP contribution in [0.15, 0.2) is 36.7 Å². The van der Waals surface area contributed by atoms with E-state index in [4.69, 9.17) is 11.6 Å². The molecule has 21 heavy (non-hydrogen) atoms. The molecule has 1 heterocycles. The summed E-state index contributed by atoms with van der Waals surface area (Å²) in [5.41, 5.74) is 3.28. The average molecular weight is 302 g/mol. The predicted octanol–water partition coefficient (Wildman–Crippen LogP) is 3.92. The highest BCUT2D eigenvalue weighted by Crippen LogP contribution is 2.31. The number of fused-ring (bicyclic) bond motifs is 1. The molecular formula is C17H20ClN3. The Kier molecular flexibility index (Phi) is 4.11. The van der Waals surface area contributed by atoms with Gasteiger partial charge in [0.15, 0.2) is 0 Å². The van der Waals surface area contributed by atoms with Crippen LogP contribution in [0.2, 0.25) is 0 Å². The minimum absolute atomic E-state index is 0.331. The van der Waals surface area contributed by atoms with Crippen LogP contribution >= 0.6 is 11.6 Å².